The molecule has 1 aliphatic heterocycles. The highest BCUT2D eigenvalue weighted by atomic mass is 16.5. The SMILES string of the molecule is COc1ccc(C=C2Oc3c(ccc4oc(-c5ccccc5)c(CC(=O)O)c34)C2=O)cc1. The van der Waals surface area contributed by atoms with E-state index in [0.717, 1.165) is 11.1 Å². The molecule has 0 radical (unpaired) electrons. The van der Waals surface area contributed by atoms with Crippen LogP contribution in [0, 0.1) is 0 Å². The van der Waals surface area contributed by atoms with Crippen LogP contribution in [0.15, 0.2) is 76.9 Å². The Morgan fingerprint density at radius 3 is 2.47 bits per heavy atom. The van der Waals surface area contributed by atoms with E-state index in [1.807, 2.05) is 42.5 Å². The first kappa shape index (κ1) is 19.6. The topological polar surface area (TPSA) is 86.0 Å². The van der Waals surface area contributed by atoms with E-state index < -0.39 is 5.97 Å². The molecule has 3 aromatic carbocycles. The van der Waals surface area contributed by atoms with Crippen molar-refractivity contribution in [1.82, 2.24) is 0 Å². The molecule has 1 N–H and O–H groups in total. The van der Waals surface area contributed by atoms with Gasteiger partial charge in [0.2, 0.25) is 5.78 Å². The number of methoxy groups -OCH3 is 1. The molecule has 0 saturated heterocycles. The van der Waals surface area contributed by atoms with Crippen molar-refractivity contribution in [3.05, 3.63) is 89.2 Å². The number of benzene rings is 3. The molecule has 0 bridgehead atoms. The fourth-order valence-electron chi connectivity index (χ4n) is 3.88. The van der Waals surface area contributed by atoms with Crippen LogP contribution in [-0.4, -0.2) is 24.0 Å². The Bertz CT molecular complexity index is 1380. The number of ketones is 1. The lowest BCUT2D eigenvalue weighted by molar-refractivity contribution is -0.136. The van der Waals surface area contributed by atoms with Crippen LogP contribution in [0.2, 0.25) is 0 Å². The number of Topliss-reactive ketones (excluding diaryl/α,β-unsaturated/α-hetero) is 1. The number of carboxylic acids is 1. The minimum Gasteiger partial charge on any atom is -0.497 e. The Morgan fingerprint density at radius 1 is 1.03 bits per heavy atom. The van der Waals surface area contributed by atoms with Gasteiger partial charge in [-0.1, -0.05) is 42.5 Å². The highest BCUT2D eigenvalue weighted by Crippen LogP contribution is 2.44. The summed E-state index contributed by atoms with van der Waals surface area (Å²) < 4.78 is 17.2. The minimum atomic E-state index is -0.999. The number of carbonyl (C=O) groups is 2. The summed E-state index contributed by atoms with van der Waals surface area (Å²) in [5.74, 6) is 0.402. The fourth-order valence-corrected chi connectivity index (χ4v) is 3.88. The first-order valence-electron chi connectivity index (χ1n) is 9.99. The number of allylic oxidation sites excluding steroid dienone is 1. The molecule has 32 heavy (non-hydrogen) atoms. The zero-order chi connectivity index (χ0) is 22.2. The van der Waals surface area contributed by atoms with Gasteiger partial charge in [-0.05, 0) is 35.9 Å². The van der Waals surface area contributed by atoms with Crippen LogP contribution >= 0.6 is 0 Å². The second-order valence-electron chi connectivity index (χ2n) is 7.37. The summed E-state index contributed by atoms with van der Waals surface area (Å²) in [7, 11) is 1.59. The maximum atomic E-state index is 13.0. The molecular formula is C26H18O6. The van der Waals surface area contributed by atoms with Crippen molar-refractivity contribution in [1.29, 1.82) is 0 Å². The maximum Gasteiger partial charge on any atom is 0.307 e. The molecule has 2 heterocycles. The molecule has 0 aliphatic carbocycles. The van der Waals surface area contributed by atoms with Crippen molar-refractivity contribution >= 4 is 28.8 Å². The van der Waals surface area contributed by atoms with Crippen LogP contribution in [0.3, 0.4) is 0 Å². The van der Waals surface area contributed by atoms with Crippen LogP contribution in [0.25, 0.3) is 28.4 Å². The van der Waals surface area contributed by atoms with Crippen molar-refractivity contribution in [3.8, 4) is 22.8 Å². The highest BCUT2D eigenvalue weighted by molar-refractivity contribution is 6.18. The van der Waals surface area contributed by atoms with Crippen molar-refractivity contribution in [3.63, 3.8) is 0 Å². The zero-order valence-electron chi connectivity index (χ0n) is 17.1. The van der Waals surface area contributed by atoms with Crippen molar-refractivity contribution < 1.29 is 28.6 Å². The molecule has 0 amide bonds. The number of carboxylic acid groups (broad SMARTS) is 1. The standard InChI is InChI=1S/C26H18O6/c1-30-17-9-7-15(8-10-17)13-21-24(29)18-11-12-20-23(26(18)32-21)19(14-22(27)28)25(31-20)16-5-3-2-4-6-16/h2-13H,14H2,1H3,(H,27,28). The van der Waals surface area contributed by atoms with Crippen LogP contribution in [0.5, 0.6) is 11.5 Å². The number of ether oxygens (including phenoxy) is 2. The van der Waals surface area contributed by atoms with E-state index in [0.29, 0.717) is 39.4 Å². The first-order chi connectivity index (χ1) is 15.5. The predicted octanol–water partition coefficient (Wildman–Crippen LogP) is 5.35. The molecule has 5 rings (SSSR count). The number of fused-ring (bicyclic) bond motifs is 3. The van der Waals surface area contributed by atoms with Crippen LogP contribution < -0.4 is 9.47 Å². The number of hydrogen-bond donors (Lipinski definition) is 1. The van der Waals surface area contributed by atoms with Gasteiger partial charge in [0, 0.05) is 11.1 Å². The maximum absolute atomic E-state index is 13.0. The fraction of sp³-hybridized carbons (Fsp3) is 0.0769. The summed E-state index contributed by atoms with van der Waals surface area (Å²) >= 11 is 0. The molecule has 0 fully saturated rings. The summed E-state index contributed by atoms with van der Waals surface area (Å²) in [5, 5.41) is 10.0. The Labute approximate surface area is 183 Å². The Morgan fingerprint density at radius 2 is 1.78 bits per heavy atom. The molecule has 4 aromatic rings. The number of rotatable bonds is 5. The molecule has 1 aliphatic rings. The Kier molecular flexibility index (Phi) is 4.75. The largest absolute Gasteiger partial charge is 0.497 e. The second-order valence-corrected chi connectivity index (χ2v) is 7.37. The van der Waals surface area contributed by atoms with Crippen molar-refractivity contribution in [2.45, 2.75) is 6.42 Å². The highest BCUT2D eigenvalue weighted by Gasteiger charge is 2.33. The lowest BCUT2D eigenvalue weighted by Crippen LogP contribution is -2.01. The third-order valence-corrected chi connectivity index (χ3v) is 5.37. The normalized spacial score (nSPS) is 13.9. The summed E-state index contributed by atoms with van der Waals surface area (Å²) in [4.78, 5) is 24.7. The number of furan rings is 1. The van der Waals surface area contributed by atoms with Crippen LogP contribution in [-0.2, 0) is 11.2 Å². The van der Waals surface area contributed by atoms with Gasteiger partial charge >= 0.3 is 5.97 Å². The van der Waals surface area contributed by atoms with Gasteiger partial charge < -0.3 is 19.0 Å². The van der Waals surface area contributed by atoms with Crippen molar-refractivity contribution in [2.24, 2.45) is 0 Å². The van der Waals surface area contributed by atoms with E-state index in [1.54, 1.807) is 37.5 Å². The first-order valence-corrected chi connectivity index (χ1v) is 9.99. The smallest absolute Gasteiger partial charge is 0.307 e. The Hall–Kier alpha value is -4.32. The van der Waals surface area contributed by atoms with E-state index in [2.05, 4.69) is 0 Å². The molecule has 0 saturated carbocycles. The molecular weight excluding hydrogens is 408 g/mol. The van der Waals surface area contributed by atoms with E-state index >= 15 is 0 Å². The van der Waals surface area contributed by atoms with E-state index in [9.17, 15) is 14.7 Å². The average molecular weight is 426 g/mol. The van der Waals surface area contributed by atoms with Crippen molar-refractivity contribution in [2.75, 3.05) is 7.11 Å². The quantitative estimate of drug-likeness (QED) is 0.433. The molecule has 158 valence electrons. The zero-order valence-corrected chi connectivity index (χ0v) is 17.1. The third-order valence-electron chi connectivity index (χ3n) is 5.37. The number of hydrogen-bond acceptors (Lipinski definition) is 5. The van der Waals surface area contributed by atoms with Crippen LogP contribution in [0.1, 0.15) is 21.5 Å². The van der Waals surface area contributed by atoms with Gasteiger partial charge in [0.15, 0.2) is 5.76 Å². The molecule has 6 heteroatoms. The van der Waals surface area contributed by atoms with E-state index in [-0.39, 0.29) is 18.0 Å². The third kappa shape index (κ3) is 3.32. The lowest BCUT2D eigenvalue weighted by atomic mass is 10.00. The summed E-state index contributed by atoms with van der Waals surface area (Å²) in [6.07, 6.45) is 1.39. The number of carbonyl (C=O) groups excluding carboxylic acids is 1. The van der Waals surface area contributed by atoms with Gasteiger partial charge in [-0.2, -0.15) is 0 Å². The molecule has 0 spiro atoms. The minimum absolute atomic E-state index is 0.168. The van der Waals surface area contributed by atoms with Gasteiger partial charge in [0.1, 0.15) is 22.8 Å². The molecule has 6 nitrogen and oxygen atoms in total. The van der Waals surface area contributed by atoms with E-state index in [4.69, 9.17) is 13.9 Å². The molecule has 0 atom stereocenters. The van der Waals surface area contributed by atoms with Gasteiger partial charge in [0.25, 0.3) is 0 Å². The second kappa shape index (κ2) is 7.74. The monoisotopic (exact) mass is 426 g/mol. The number of aliphatic carboxylic acids is 1. The molecule has 0 unspecified atom stereocenters. The predicted molar refractivity (Wildman–Crippen MR) is 119 cm³/mol. The lowest BCUT2D eigenvalue weighted by Gasteiger charge is -2.04. The van der Waals surface area contributed by atoms with Gasteiger partial charge in [-0.25, -0.2) is 0 Å². The average Bonchev–Trinajstić information content (AvgIpc) is 3.32. The van der Waals surface area contributed by atoms with Gasteiger partial charge in [-0.15, -0.1) is 0 Å². The van der Waals surface area contributed by atoms with E-state index in [1.165, 1.54) is 0 Å². The summed E-state index contributed by atoms with van der Waals surface area (Å²) in [6, 6.07) is 19.9. The molecule has 1 aromatic heterocycles. The van der Waals surface area contributed by atoms with Crippen LogP contribution in [0.4, 0.5) is 0 Å². The van der Waals surface area contributed by atoms with Gasteiger partial charge in [0.05, 0.1) is 24.5 Å². The summed E-state index contributed by atoms with van der Waals surface area (Å²) in [6.45, 7) is 0. The summed E-state index contributed by atoms with van der Waals surface area (Å²) in [5.41, 5.74) is 2.86. The Balaban J connectivity index is 1.65. The van der Waals surface area contributed by atoms with Gasteiger partial charge in [-0.3, -0.25) is 9.59 Å².